The van der Waals surface area contributed by atoms with E-state index in [0.717, 1.165) is 19.3 Å². The van der Waals surface area contributed by atoms with Gasteiger partial charge >= 0.3 is 0 Å². The quantitative estimate of drug-likeness (QED) is 0.660. The molecule has 0 saturated heterocycles. The molecule has 3 unspecified atom stereocenters. The lowest BCUT2D eigenvalue weighted by atomic mass is 9.80. The number of rotatable bonds is 3. The van der Waals surface area contributed by atoms with Gasteiger partial charge in [-0.1, -0.05) is 13.8 Å². The predicted octanol–water partition coefficient (Wildman–Crippen LogP) is 3.91. The van der Waals surface area contributed by atoms with Crippen molar-refractivity contribution in [2.24, 2.45) is 11.8 Å². The maximum Gasteiger partial charge on any atom is 0.284 e. The number of halogens is 1. The zero-order valence-corrected chi connectivity index (χ0v) is 13.7. The Hall–Kier alpha value is -1.43. The van der Waals surface area contributed by atoms with Gasteiger partial charge in [0.25, 0.3) is 11.6 Å². The molecule has 1 N–H and O–H groups in total. The summed E-state index contributed by atoms with van der Waals surface area (Å²) in [4.78, 5) is 22.7. The van der Waals surface area contributed by atoms with Crippen molar-refractivity contribution in [3.63, 3.8) is 0 Å². The van der Waals surface area contributed by atoms with Crippen molar-refractivity contribution in [3.05, 3.63) is 38.3 Å². The Balaban J connectivity index is 2.10. The highest BCUT2D eigenvalue weighted by molar-refractivity contribution is 9.10. The molecule has 1 aromatic carbocycles. The molecule has 1 amide bonds. The van der Waals surface area contributed by atoms with Gasteiger partial charge in [-0.2, -0.15) is 0 Å². The first-order chi connectivity index (χ1) is 9.88. The van der Waals surface area contributed by atoms with E-state index in [2.05, 4.69) is 35.1 Å². The molecule has 2 rings (SSSR count). The fourth-order valence-electron chi connectivity index (χ4n) is 2.93. The summed E-state index contributed by atoms with van der Waals surface area (Å²) in [6.07, 6.45) is 3.17. The molecule has 3 atom stereocenters. The fourth-order valence-corrected chi connectivity index (χ4v) is 3.32. The van der Waals surface area contributed by atoms with Crippen LogP contribution in [0.15, 0.2) is 22.7 Å². The Morgan fingerprint density at radius 3 is 2.71 bits per heavy atom. The minimum Gasteiger partial charge on any atom is -0.349 e. The lowest BCUT2D eigenvalue weighted by Gasteiger charge is -2.33. The number of nitro benzene ring substituents is 1. The van der Waals surface area contributed by atoms with Crippen LogP contribution in [0.5, 0.6) is 0 Å². The van der Waals surface area contributed by atoms with E-state index in [1.54, 1.807) is 12.1 Å². The molecule has 0 aromatic heterocycles. The summed E-state index contributed by atoms with van der Waals surface area (Å²) in [5.41, 5.74) is 0.240. The summed E-state index contributed by atoms with van der Waals surface area (Å²) in [5, 5.41) is 13.9. The van der Waals surface area contributed by atoms with Crippen LogP contribution in [0.3, 0.4) is 0 Å². The smallest absolute Gasteiger partial charge is 0.284 e. The van der Waals surface area contributed by atoms with E-state index in [1.165, 1.54) is 6.07 Å². The Morgan fingerprint density at radius 2 is 2.10 bits per heavy atom. The highest BCUT2D eigenvalue weighted by Gasteiger charge is 2.27. The number of nitrogens with zero attached hydrogens (tertiary/aromatic N) is 1. The maximum absolute atomic E-state index is 12.3. The number of nitrogens with one attached hydrogen (secondary N) is 1. The maximum atomic E-state index is 12.3. The van der Waals surface area contributed by atoms with E-state index in [1.807, 2.05) is 0 Å². The number of hydrogen-bond donors (Lipinski definition) is 1. The van der Waals surface area contributed by atoms with Crippen LogP contribution in [-0.4, -0.2) is 16.9 Å². The highest BCUT2D eigenvalue weighted by Crippen LogP contribution is 2.29. The molecule has 0 spiro atoms. The summed E-state index contributed by atoms with van der Waals surface area (Å²) in [6, 6.07) is 4.61. The molecule has 0 bridgehead atoms. The van der Waals surface area contributed by atoms with Gasteiger partial charge in [0, 0.05) is 17.7 Å². The summed E-state index contributed by atoms with van der Waals surface area (Å²) >= 11 is 3.12. The SMILES string of the molecule is CC1CCC(NC(=O)c2ccc(Br)c([N+](=O)[O-])c2)C(C)C1. The average Bonchev–Trinajstić information content (AvgIpc) is 2.42. The molecule has 1 saturated carbocycles. The van der Waals surface area contributed by atoms with Crippen LogP contribution in [0.25, 0.3) is 0 Å². The highest BCUT2D eigenvalue weighted by atomic mass is 79.9. The Bertz CT molecular complexity index is 562. The topological polar surface area (TPSA) is 72.2 Å². The standard InChI is InChI=1S/C15H19BrN2O3/c1-9-3-6-13(10(2)7-9)17-15(19)11-4-5-12(16)14(8-11)18(20)21/h4-5,8-10,13H,3,6-7H2,1-2H3,(H,17,19). The van der Waals surface area contributed by atoms with Gasteiger partial charge in [0.05, 0.1) is 9.40 Å². The molecule has 1 aliphatic rings. The van der Waals surface area contributed by atoms with Crippen molar-refractivity contribution in [1.29, 1.82) is 0 Å². The largest absolute Gasteiger partial charge is 0.349 e. The lowest BCUT2D eigenvalue weighted by molar-refractivity contribution is -0.385. The van der Waals surface area contributed by atoms with Gasteiger partial charge in [0.1, 0.15) is 0 Å². The number of nitro groups is 1. The molecule has 5 nitrogen and oxygen atoms in total. The van der Waals surface area contributed by atoms with Gasteiger partial charge in [0.15, 0.2) is 0 Å². The second-order valence-corrected chi connectivity index (χ2v) is 6.75. The first-order valence-electron chi connectivity index (χ1n) is 7.13. The van der Waals surface area contributed by atoms with Crippen LogP contribution in [0.4, 0.5) is 5.69 Å². The third-order valence-corrected chi connectivity index (χ3v) is 4.82. The van der Waals surface area contributed by atoms with Gasteiger partial charge in [-0.15, -0.1) is 0 Å². The van der Waals surface area contributed by atoms with Crippen LogP contribution in [0.1, 0.15) is 43.5 Å². The summed E-state index contributed by atoms with van der Waals surface area (Å²) in [6.45, 7) is 4.37. The van der Waals surface area contributed by atoms with Gasteiger partial charge in [0.2, 0.25) is 0 Å². The van der Waals surface area contributed by atoms with Crippen molar-refractivity contribution in [1.82, 2.24) is 5.32 Å². The van der Waals surface area contributed by atoms with E-state index >= 15 is 0 Å². The molecular weight excluding hydrogens is 336 g/mol. The molecule has 0 radical (unpaired) electrons. The second-order valence-electron chi connectivity index (χ2n) is 5.90. The Labute approximate surface area is 132 Å². The van der Waals surface area contributed by atoms with Gasteiger partial charge in [-0.05, 0) is 59.2 Å². The predicted molar refractivity (Wildman–Crippen MR) is 84.2 cm³/mol. The molecule has 6 heteroatoms. The molecule has 0 aliphatic heterocycles. The first kappa shape index (κ1) is 15.9. The van der Waals surface area contributed by atoms with Crippen molar-refractivity contribution < 1.29 is 9.72 Å². The molecule has 1 fully saturated rings. The number of hydrogen-bond acceptors (Lipinski definition) is 3. The van der Waals surface area contributed by atoms with E-state index in [9.17, 15) is 14.9 Å². The summed E-state index contributed by atoms with van der Waals surface area (Å²) < 4.78 is 0.379. The Kier molecular flexibility index (Phi) is 4.98. The van der Waals surface area contributed by atoms with Crippen LogP contribution in [0, 0.1) is 22.0 Å². The van der Waals surface area contributed by atoms with Gasteiger partial charge in [-0.3, -0.25) is 14.9 Å². The molecule has 1 aromatic rings. The zero-order valence-electron chi connectivity index (χ0n) is 12.1. The van der Waals surface area contributed by atoms with E-state index in [0.29, 0.717) is 21.9 Å². The molecular formula is C15H19BrN2O3. The van der Waals surface area contributed by atoms with Crippen LogP contribution < -0.4 is 5.32 Å². The van der Waals surface area contributed by atoms with Crippen molar-refractivity contribution in [3.8, 4) is 0 Å². The summed E-state index contributed by atoms with van der Waals surface area (Å²) in [7, 11) is 0. The third-order valence-electron chi connectivity index (χ3n) is 4.15. The average molecular weight is 355 g/mol. The lowest BCUT2D eigenvalue weighted by Crippen LogP contribution is -2.42. The normalized spacial score (nSPS) is 25.4. The van der Waals surface area contributed by atoms with Crippen LogP contribution in [-0.2, 0) is 0 Å². The molecule has 114 valence electrons. The first-order valence-corrected chi connectivity index (χ1v) is 7.92. The van der Waals surface area contributed by atoms with E-state index < -0.39 is 4.92 Å². The number of benzene rings is 1. The molecule has 21 heavy (non-hydrogen) atoms. The minimum absolute atomic E-state index is 0.0898. The van der Waals surface area contributed by atoms with Crippen molar-refractivity contribution >= 4 is 27.5 Å². The number of amides is 1. The minimum atomic E-state index is -0.494. The van der Waals surface area contributed by atoms with Crippen molar-refractivity contribution in [2.75, 3.05) is 0 Å². The second kappa shape index (κ2) is 6.56. The van der Waals surface area contributed by atoms with E-state index in [4.69, 9.17) is 0 Å². The van der Waals surface area contributed by atoms with Gasteiger partial charge in [-0.25, -0.2) is 0 Å². The third kappa shape index (κ3) is 3.81. The summed E-state index contributed by atoms with van der Waals surface area (Å²) in [5.74, 6) is 0.891. The fraction of sp³-hybridized carbons (Fsp3) is 0.533. The van der Waals surface area contributed by atoms with E-state index in [-0.39, 0.29) is 17.6 Å². The van der Waals surface area contributed by atoms with Crippen molar-refractivity contribution in [2.45, 2.75) is 39.2 Å². The zero-order chi connectivity index (χ0) is 15.6. The monoisotopic (exact) mass is 354 g/mol. The number of carbonyl (C=O) groups excluding carboxylic acids is 1. The molecule has 1 aliphatic carbocycles. The van der Waals surface area contributed by atoms with Crippen LogP contribution >= 0.6 is 15.9 Å². The number of carbonyl (C=O) groups is 1. The molecule has 0 heterocycles. The van der Waals surface area contributed by atoms with Crippen LogP contribution in [0.2, 0.25) is 0 Å². The Morgan fingerprint density at radius 1 is 1.38 bits per heavy atom. The van der Waals surface area contributed by atoms with Gasteiger partial charge < -0.3 is 5.32 Å².